The molecule has 2 rings (SSSR count). The zero-order chi connectivity index (χ0) is 5.56. The summed E-state index contributed by atoms with van der Waals surface area (Å²) in [5.41, 5.74) is 1.70. The molecule has 0 N–H and O–H groups in total. The van der Waals surface area contributed by atoms with Gasteiger partial charge in [-0.1, -0.05) is 21.5 Å². The van der Waals surface area contributed by atoms with Crippen molar-refractivity contribution in [2.75, 3.05) is 0 Å². The summed E-state index contributed by atoms with van der Waals surface area (Å²) in [5.74, 6) is 1.03. The monoisotopic (exact) mass is 172 g/mol. The second-order valence-electron chi connectivity index (χ2n) is 2.82. The second kappa shape index (κ2) is 1.60. The van der Waals surface area contributed by atoms with Crippen LogP contribution in [0.15, 0.2) is 10.1 Å². The highest BCUT2D eigenvalue weighted by Crippen LogP contribution is 2.46. The van der Waals surface area contributed by atoms with Gasteiger partial charge in [0.15, 0.2) is 0 Å². The summed E-state index contributed by atoms with van der Waals surface area (Å²) in [6.07, 6.45) is 5.59. The molecule has 1 heteroatoms. The van der Waals surface area contributed by atoms with Crippen molar-refractivity contribution in [1.29, 1.82) is 0 Å². The first-order chi connectivity index (χ1) is 3.86. The van der Waals surface area contributed by atoms with Gasteiger partial charge in [-0.25, -0.2) is 0 Å². The molecule has 2 bridgehead atoms. The van der Waals surface area contributed by atoms with Crippen molar-refractivity contribution in [1.82, 2.24) is 0 Å². The maximum Gasteiger partial charge on any atom is -0.00543 e. The summed E-state index contributed by atoms with van der Waals surface area (Å²) in [7, 11) is 0. The first-order valence-corrected chi connectivity index (χ1v) is 4.02. The summed E-state index contributed by atoms with van der Waals surface area (Å²) in [6, 6.07) is 0. The van der Waals surface area contributed by atoms with E-state index in [0.29, 0.717) is 0 Å². The van der Waals surface area contributed by atoms with Crippen LogP contribution in [0.5, 0.6) is 0 Å². The van der Waals surface area contributed by atoms with Crippen molar-refractivity contribution in [3.05, 3.63) is 10.1 Å². The lowest BCUT2D eigenvalue weighted by atomic mass is 10.1. The Morgan fingerprint density at radius 2 is 2.25 bits per heavy atom. The molecule has 2 aliphatic carbocycles. The quantitative estimate of drug-likeness (QED) is 0.528. The molecule has 0 aromatic carbocycles. The molecule has 0 nitrogen and oxygen atoms in total. The van der Waals surface area contributed by atoms with Gasteiger partial charge in [0.2, 0.25) is 0 Å². The zero-order valence-corrected chi connectivity index (χ0v) is 6.37. The van der Waals surface area contributed by atoms with Gasteiger partial charge < -0.3 is 0 Å². The first-order valence-electron chi connectivity index (χ1n) is 3.22. The molecule has 0 radical (unpaired) electrons. The molecule has 0 spiro atoms. The van der Waals surface area contributed by atoms with Crippen molar-refractivity contribution < 1.29 is 0 Å². The molecule has 1 atom stereocenters. The fourth-order valence-electron chi connectivity index (χ4n) is 1.75. The van der Waals surface area contributed by atoms with Crippen LogP contribution in [0.2, 0.25) is 0 Å². The van der Waals surface area contributed by atoms with E-state index in [1.165, 1.54) is 30.2 Å². The Hall–Kier alpha value is 0.220. The fourth-order valence-corrected chi connectivity index (χ4v) is 2.57. The van der Waals surface area contributed by atoms with E-state index in [1.807, 2.05) is 0 Å². The van der Waals surface area contributed by atoms with E-state index < -0.39 is 0 Å². The maximum atomic E-state index is 3.57. The number of hydrogen-bond acceptors (Lipinski definition) is 0. The number of rotatable bonds is 0. The minimum absolute atomic E-state index is 1.03. The van der Waals surface area contributed by atoms with Crippen molar-refractivity contribution in [2.45, 2.75) is 25.7 Å². The van der Waals surface area contributed by atoms with Crippen molar-refractivity contribution in [2.24, 2.45) is 5.92 Å². The highest BCUT2D eigenvalue weighted by molar-refractivity contribution is 9.11. The Bertz CT molecular complexity index is 144. The van der Waals surface area contributed by atoms with Gasteiger partial charge in [0, 0.05) is 0 Å². The van der Waals surface area contributed by atoms with E-state index in [9.17, 15) is 0 Å². The summed E-state index contributed by atoms with van der Waals surface area (Å²) in [5, 5.41) is 0. The zero-order valence-electron chi connectivity index (χ0n) is 4.78. The van der Waals surface area contributed by atoms with Crippen molar-refractivity contribution >= 4 is 15.9 Å². The van der Waals surface area contributed by atoms with Crippen LogP contribution in [-0.2, 0) is 0 Å². The van der Waals surface area contributed by atoms with E-state index in [1.54, 1.807) is 5.57 Å². The Morgan fingerprint density at radius 3 is 2.50 bits per heavy atom. The van der Waals surface area contributed by atoms with Gasteiger partial charge in [-0.3, -0.25) is 0 Å². The molecule has 8 heavy (non-hydrogen) atoms. The lowest BCUT2D eigenvalue weighted by Crippen LogP contribution is -1.88. The smallest absolute Gasteiger partial charge is 0.00543 e. The lowest BCUT2D eigenvalue weighted by molar-refractivity contribution is 0.573. The molecule has 0 aromatic rings. The van der Waals surface area contributed by atoms with Crippen LogP contribution < -0.4 is 0 Å². The standard InChI is InChI=1S/C7H9Br/c8-7-4-5-1-2-6(7)3-5/h5H,1-4H2. The van der Waals surface area contributed by atoms with E-state index in [2.05, 4.69) is 15.9 Å². The summed E-state index contributed by atoms with van der Waals surface area (Å²) >= 11 is 3.57. The van der Waals surface area contributed by atoms with E-state index in [-0.39, 0.29) is 0 Å². The molecule has 0 heterocycles. The molecule has 1 saturated carbocycles. The van der Waals surface area contributed by atoms with Gasteiger partial charge in [-0.05, 0) is 36.1 Å². The third-order valence-electron chi connectivity index (χ3n) is 2.24. The van der Waals surface area contributed by atoms with E-state index >= 15 is 0 Å². The second-order valence-corrected chi connectivity index (χ2v) is 3.78. The Morgan fingerprint density at radius 1 is 1.38 bits per heavy atom. The largest absolute Gasteiger partial charge is 0.0598 e. The SMILES string of the molecule is BrC1=C2CCC(C1)C2. The minimum Gasteiger partial charge on any atom is -0.0598 e. The van der Waals surface area contributed by atoms with Crippen molar-refractivity contribution in [3.63, 3.8) is 0 Å². The van der Waals surface area contributed by atoms with Crippen LogP contribution in [0, 0.1) is 5.92 Å². The van der Waals surface area contributed by atoms with Crippen LogP contribution in [-0.4, -0.2) is 0 Å². The van der Waals surface area contributed by atoms with Crippen molar-refractivity contribution in [3.8, 4) is 0 Å². The molecule has 0 aromatic heterocycles. The van der Waals surface area contributed by atoms with E-state index in [0.717, 1.165) is 5.92 Å². The Balaban J connectivity index is 2.33. The predicted octanol–water partition coefficient (Wildman–Crippen LogP) is 2.84. The topological polar surface area (TPSA) is 0 Å². The van der Waals surface area contributed by atoms with Crippen LogP contribution in [0.4, 0.5) is 0 Å². The lowest BCUT2D eigenvalue weighted by Gasteiger charge is -2.03. The number of fused-ring (bicyclic) bond motifs is 2. The molecule has 0 aliphatic heterocycles. The van der Waals surface area contributed by atoms with Gasteiger partial charge in [-0.2, -0.15) is 0 Å². The molecular formula is C7H9Br. The van der Waals surface area contributed by atoms with Gasteiger partial charge in [-0.15, -0.1) is 0 Å². The van der Waals surface area contributed by atoms with Crippen LogP contribution in [0.3, 0.4) is 0 Å². The molecular weight excluding hydrogens is 164 g/mol. The molecule has 1 fully saturated rings. The van der Waals surface area contributed by atoms with Gasteiger partial charge in [0.25, 0.3) is 0 Å². The average Bonchev–Trinajstić information content (AvgIpc) is 2.23. The van der Waals surface area contributed by atoms with Gasteiger partial charge >= 0.3 is 0 Å². The van der Waals surface area contributed by atoms with E-state index in [4.69, 9.17) is 0 Å². The Labute approximate surface area is 58.1 Å². The molecule has 0 saturated heterocycles. The highest BCUT2D eigenvalue weighted by Gasteiger charge is 2.28. The third kappa shape index (κ3) is 0.572. The fraction of sp³-hybridized carbons (Fsp3) is 0.714. The predicted molar refractivity (Wildman–Crippen MR) is 37.9 cm³/mol. The average molecular weight is 173 g/mol. The molecule has 44 valence electrons. The van der Waals surface area contributed by atoms with Crippen LogP contribution in [0.25, 0.3) is 0 Å². The Kier molecular flexibility index (Phi) is 1.01. The third-order valence-corrected chi connectivity index (χ3v) is 3.13. The van der Waals surface area contributed by atoms with Gasteiger partial charge in [0.1, 0.15) is 0 Å². The number of hydrogen-bond donors (Lipinski definition) is 0. The number of allylic oxidation sites excluding steroid dienone is 2. The van der Waals surface area contributed by atoms with Gasteiger partial charge in [0.05, 0.1) is 0 Å². The number of halogens is 1. The normalized spacial score (nSPS) is 34.9. The molecule has 1 unspecified atom stereocenters. The highest BCUT2D eigenvalue weighted by atomic mass is 79.9. The summed E-state index contributed by atoms with van der Waals surface area (Å²) in [6.45, 7) is 0. The summed E-state index contributed by atoms with van der Waals surface area (Å²) < 4.78 is 1.52. The molecule has 2 aliphatic rings. The summed E-state index contributed by atoms with van der Waals surface area (Å²) in [4.78, 5) is 0. The molecule has 0 amide bonds. The van der Waals surface area contributed by atoms with Crippen LogP contribution >= 0.6 is 15.9 Å². The van der Waals surface area contributed by atoms with Crippen LogP contribution in [0.1, 0.15) is 25.7 Å². The first kappa shape index (κ1) is 5.04. The maximum absolute atomic E-state index is 3.57. The minimum atomic E-state index is 1.03.